The van der Waals surface area contributed by atoms with Crippen LogP contribution >= 0.6 is 0 Å². The minimum Gasteiger partial charge on any atom is -0.383 e. The van der Waals surface area contributed by atoms with E-state index in [0.29, 0.717) is 19.5 Å². The Labute approximate surface area is 171 Å². The highest BCUT2D eigenvalue weighted by Gasteiger charge is 2.24. The Kier molecular flexibility index (Phi) is 6.53. The molecule has 0 radical (unpaired) electrons. The van der Waals surface area contributed by atoms with Gasteiger partial charge < -0.3 is 16.0 Å². The van der Waals surface area contributed by atoms with Gasteiger partial charge in [0.25, 0.3) is 5.56 Å². The number of carbonyl (C=O) groups is 1. The molecule has 2 aromatic rings. The van der Waals surface area contributed by atoms with E-state index in [1.165, 1.54) is 10.6 Å². The van der Waals surface area contributed by atoms with Gasteiger partial charge >= 0.3 is 5.69 Å². The second-order valence-corrected chi connectivity index (χ2v) is 7.25. The molecule has 0 spiro atoms. The number of nitrogens with one attached hydrogen (secondary N) is 1. The predicted octanol–water partition coefficient (Wildman–Crippen LogP) is 1.91. The Hall–Kier alpha value is -3.17. The molecular weight excluding hydrogens is 396 g/mol. The number of rotatable bonds is 6. The fraction of sp³-hybridized carbons (Fsp3) is 0.450. The third-order valence-electron chi connectivity index (χ3n) is 5.09. The summed E-state index contributed by atoms with van der Waals surface area (Å²) in [4.78, 5) is 40.2. The van der Waals surface area contributed by atoms with Crippen LogP contribution in [0.5, 0.6) is 0 Å². The first-order valence-corrected chi connectivity index (χ1v) is 9.97. The Morgan fingerprint density at radius 2 is 1.73 bits per heavy atom. The van der Waals surface area contributed by atoms with Crippen LogP contribution in [0.1, 0.15) is 32.6 Å². The van der Waals surface area contributed by atoms with E-state index >= 15 is 0 Å². The van der Waals surface area contributed by atoms with Gasteiger partial charge in [-0.05, 0) is 37.8 Å². The van der Waals surface area contributed by atoms with Gasteiger partial charge in [-0.2, -0.15) is 0 Å². The molecule has 10 heteroatoms. The molecule has 1 aliphatic heterocycles. The van der Waals surface area contributed by atoms with Crippen LogP contribution in [0.3, 0.4) is 0 Å². The zero-order chi connectivity index (χ0) is 21.8. The molecule has 1 fully saturated rings. The SMILES string of the molecule is CCCn1c(N)c(N2CCCCC2)c(=O)n(CC(=O)Nc2c(F)cccc2F)c1=O. The van der Waals surface area contributed by atoms with Crippen molar-refractivity contribution in [2.45, 2.75) is 45.7 Å². The second-order valence-electron chi connectivity index (χ2n) is 7.25. The average molecular weight is 421 g/mol. The van der Waals surface area contributed by atoms with Crippen molar-refractivity contribution >= 4 is 23.1 Å². The minimum absolute atomic E-state index is 0.0746. The number of anilines is 3. The van der Waals surface area contributed by atoms with Crippen LogP contribution in [-0.4, -0.2) is 28.1 Å². The second kappa shape index (κ2) is 9.10. The summed E-state index contributed by atoms with van der Waals surface area (Å²) in [5.41, 5.74) is 4.32. The standard InChI is InChI=1S/C20H25F2N5O3/c1-2-9-26-18(23)17(25-10-4-3-5-11-25)19(29)27(20(26)30)12-15(28)24-16-13(21)7-6-8-14(16)22/h6-8H,2-5,9-12,23H2,1H3,(H,24,28). The van der Waals surface area contributed by atoms with E-state index < -0.39 is 41.0 Å². The zero-order valence-corrected chi connectivity index (χ0v) is 16.8. The smallest absolute Gasteiger partial charge is 0.333 e. The molecule has 30 heavy (non-hydrogen) atoms. The van der Waals surface area contributed by atoms with Crippen molar-refractivity contribution in [1.29, 1.82) is 0 Å². The maximum absolute atomic E-state index is 13.8. The monoisotopic (exact) mass is 421 g/mol. The van der Waals surface area contributed by atoms with Crippen molar-refractivity contribution in [3.05, 3.63) is 50.7 Å². The van der Waals surface area contributed by atoms with E-state index in [4.69, 9.17) is 5.73 Å². The third kappa shape index (κ3) is 4.22. The number of carbonyl (C=O) groups excluding carboxylic acids is 1. The molecule has 8 nitrogen and oxygen atoms in total. The molecule has 1 amide bonds. The molecule has 3 N–H and O–H groups in total. The number of para-hydroxylation sites is 1. The largest absolute Gasteiger partial charge is 0.383 e. The number of hydrogen-bond acceptors (Lipinski definition) is 5. The van der Waals surface area contributed by atoms with E-state index in [2.05, 4.69) is 5.32 Å². The van der Waals surface area contributed by atoms with E-state index in [9.17, 15) is 23.2 Å². The molecule has 1 saturated heterocycles. The summed E-state index contributed by atoms with van der Waals surface area (Å²) in [6.07, 6.45) is 3.40. The number of amides is 1. The van der Waals surface area contributed by atoms with Crippen molar-refractivity contribution in [2.75, 3.05) is 29.0 Å². The first kappa shape index (κ1) is 21.5. The average Bonchev–Trinajstić information content (AvgIpc) is 2.72. The fourth-order valence-electron chi connectivity index (χ4n) is 3.63. The highest BCUT2D eigenvalue weighted by molar-refractivity contribution is 5.90. The number of hydrogen-bond donors (Lipinski definition) is 2. The van der Waals surface area contributed by atoms with Gasteiger partial charge in [-0.15, -0.1) is 0 Å². The zero-order valence-electron chi connectivity index (χ0n) is 16.8. The highest BCUT2D eigenvalue weighted by atomic mass is 19.1. The van der Waals surface area contributed by atoms with Crippen molar-refractivity contribution in [2.24, 2.45) is 0 Å². The van der Waals surface area contributed by atoms with Crippen molar-refractivity contribution < 1.29 is 13.6 Å². The number of halogens is 2. The normalized spacial score (nSPS) is 14.0. The lowest BCUT2D eigenvalue weighted by Gasteiger charge is -2.30. The Balaban J connectivity index is 2.01. The lowest BCUT2D eigenvalue weighted by Crippen LogP contribution is -2.47. The van der Waals surface area contributed by atoms with E-state index in [-0.39, 0.29) is 18.1 Å². The summed E-state index contributed by atoms with van der Waals surface area (Å²) >= 11 is 0. The minimum atomic E-state index is -0.953. The fourth-order valence-corrected chi connectivity index (χ4v) is 3.63. The van der Waals surface area contributed by atoms with Crippen molar-refractivity contribution in [1.82, 2.24) is 9.13 Å². The molecule has 162 valence electrons. The predicted molar refractivity (Wildman–Crippen MR) is 111 cm³/mol. The highest BCUT2D eigenvalue weighted by Crippen LogP contribution is 2.22. The summed E-state index contributed by atoms with van der Waals surface area (Å²) in [6.45, 7) is 2.69. The molecule has 1 aromatic heterocycles. The maximum atomic E-state index is 13.8. The van der Waals surface area contributed by atoms with Crippen LogP contribution in [0.2, 0.25) is 0 Å². The van der Waals surface area contributed by atoms with Crippen molar-refractivity contribution in [3.63, 3.8) is 0 Å². The molecule has 2 heterocycles. The molecule has 0 atom stereocenters. The summed E-state index contributed by atoms with van der Waals surface area (Å²) < 4.78 is 29.7. The van der Waals surface area contributed by atoms with Crippen LogP contribution in [0, 0.1) is 11.6 Å². The first-order chi connectivity index (χ1) is 14.3. The molecule has 0 unspecified atom stereocenters. The lowest BCUT2D eigenvalue weighted by atomic mass is 10.1. The van der Waals surface area contributed by atoms with Crippen molar-refractivity contribution in [3.8, 4) is 0 Å². The summed E-state index contributed by atoms with van der Waals surface area (Å²) in [5.74, 6) is -2.73. The quantitative estimate of drug-likeness (QED) is 0.742. The van der Waals surface area contributed by atoms with Gasteiger partial charge in [0.2, 0.25) is 5.91 Å². The van der Waals surface area contributed by atoms with Gasteiger partial charge in [0, 0.05) is 19.6 Å². The van der Waals surface area contributed by atoms with Gasteiger partial charge in [0.1, 0.15) is 35.4 Å². The van der Waals surface area contributed by atoms with E-state index in [1.807, 2.05) is 11.8 Å². The summed E-state index contributed by atoms with van der Waals surface area (Å²) in [6, 6.07) is 3.16. The molecular formula is C20H25F2N5O3. The van der Waals surface area contributed by atoms with Crippen LogP contribution in [0.15, 0.2) is 27.8 Å². The first-order valence-electron chi connectivity index (χ1n) is 9.97. The molecule has 1 aromatic carbocycles. The van der Waals surface area contributed by atoms with Gasteiger partial charge in [0.15, 0.2) is 0 Å². The van der Waals surface area contributed by atoms with Crippen LogP contribution in [-0.2, 0) is 17.9 Å². The number of nitrogens with zero attached hydrogens (tertiary/aromatic N) is 3. The van der Waals surface area contributed by atoms with Crippen LogP contribution in [0.25, 0.3) is 0 Å². The van der Waals surface area contributed by atoms with Gasteiger partial charge in [-0.3, -0.25) is 14.2 Å². The van der Waals surface area contributed by atoms with Crippen LogP contribution in [0.4, 0.5) is 26.0 Å². The van der Waals surface area contributed by atoms with Gasteiger partial charge in [-0.1, -0.05) is 13.0 Å². The lowest BCUT2D eigenvalue weighted by molar-refractivity contribution is -0.116. The Morgan fingerprint density at radius 1 is 1.10 bits per heavy atom. The molecule has 0 aliphatic carbocycles. The third-order valence-corrected chi connectivity index (χ3v) is 5.09. The van der Waals surface area contributed by atoms with Gasteiger partial charge in [-0.25, -0.2) is 18.1 Å². The maximum Gasteiger partial charge on any atom is 0.333 e. The number of aromatic nitrogens is 2. The Morgan fingerprint density at radius 3 is 2.33 bits per heavy atom. The summed E-state index contributed by atoms with van der Waals surface area (Å²) in [5, 5.41) is 2.10. The van der Waals surface area contributed by atoms with Gasteiger partial charge in [0.05, 0.1) is 0 Å². The summed E-state index contributed by atoms with van der Waals surface area (Å²) in [7, 11) is 0. The Bertz CT molecular complexity index is 1040. The number of benzene rings is 1. The number of nitrogens with two attached hydrogens (primary N) is 1. The molecule has 3 rings (SSSR count). The molecule has 1 aliphatic rings. The van der Waals surface area contributed by atoms with E-state index in [0.717, 1.165) is 36.0 Å². The van der Waals surface area contributed by atoms with Crippen LogP contribution < -0.4 is 27.2 Å². The number of piperidine rings is 1. The number of nitrogen functional groups attached to an aromatic ring is 1. The topological polar surface area (TPSA) is 102 Å². The molecule has 0 bridgehead atoms. The van der Waals surface area contributed by atoms with E-state index in [1.54, 1.807) is 0 Å². The molecule has 0 saturated carbocycles.